The van der Waals surface area contributed by atoms with E-state index >= 15 is 0 Å². The Morgan fingerprint density at radius 2 is 2.00 bits per heavy atom. The Kier molecular flexibility index (Phi) is 4.15. The van der Waals surface area contributed by atoms with Gasteiger partial charge in [-0.3, -0.25) is 10.1 Å². The van der Waals surface area contributed by atoms with Gasteiger partial charge in [0.1, 0.15) is 6.04 Å². The predicted molar refractivity (Wildman–Crippen MR) is 101 cm³/mol. The second-order valence-electron chi connectivity index (χ2n) is 6.45. The molecule has 8 heteroatoms. The van der Waals surface area contributed by atoms with Crippen molar-refractivity contribution >= 4 is 17.3 Å². The number of aryl methyl sites for hydroxylation is 2. The van der Waals surface area contributed by atoms with Crippen LogP contribution in [0.2, 0.25) is 0 Å². The molecule has 0 radical (unpaired) electrons. The Morgan fingerprint density at radius 3 is 2.70 bits per heavy atom. The molecule has 136 valence electrons. The molecule has 0 bridgehead atoms. The number of nitro benzene ring substituents is 1. The molecule has 0 saturated heterocycles. The molecule has 27 heavy (non-hydrogen) atoms. The number of nitrogens with zero attached hydrogens (tertiary/aromatic N) is 5. The molecule has 8 nitrogen and oxygen atoms in total. The van der Waals surface area contributed by atoms with Crippen molar-refractivity contribution in [2.45, 2.75) is 26.3 Å². The van der Waals surface area contributed by atoms with E-state index in [2.05, 4.69) is 52.0 Å². The summed E-state index contributed by atoms with van der Waals surface area (Å²) in [5.74, 6) is 0.500. The summed E-state index contributed by atoms with van der Waals surface area (Å²) in [6.07, 6.45) is 2.95. The monoisotopic (exact) mass is 362 g/mol. The second-order valence-corrected chi connectivity index (χ2v) is 6.45. The lowest BCUT2D eigenvalue weighted by molar-refractivity contribution is -0.385. The summed E-state index contributed by atoms with van der Waals surface area (Å²) in [4.78, 5) is 10.9. The maximum atomic E-state index is 11.3. The standard InChI is InChI=1S/C19H18N6O2/c1-3-13-5-8-14(9-6-13)18-11-16(20-19-21-22-23-24(18)19)15-7-4-12(2)17(10-15)25(26)27/h4-11,18H,3H2,1-2H3,(H,20,21,23)/t18-/m1/s1. The predicted octanol–water partition coefficient (Wildman–Crippen LogP) is 3.51. The van der Waals surface area contributed by atoms with Crippen molar-refractivity contribution in [3.8, 4) is 0 Å². The Labute approximate surface area is 155 Å². The molecule has 0 spiro atoms. The number of nitro groups is 1. The van der Waals surface area contributed by atoms with Crippen LogP contribution in [0.1, 0.15) is 35.2 Å². The minimum atomic E-state index is -0.368. The van der Waals surface area contributed by atoms with Crippen LogP contribution in [0.3, 0.4) is 0 Å². The fourth-order valence-corrected chi connectivity index (χ4v) is 3.18. The number of benzene rings is 2. The highest BCUT2D eigenvalue weighted by molar-refractivity contribution is 5.78. The molecule has 1 aliphatic heterocycles. The van der Waals surface area contributed by atoms with Gasteiger partial charge in [0, 0.05) is 22.9 Å². The third-order valence-electron chi connectivity index (χ3n) is 4.77. The molecule has 0 unspecified atom stereocenters. The summed E-state index contributed by atoms with van der Waals surface area (Å²) >= 11 is 0. The Hall–Kier alpha value is -3.55. The van der Waals surface area contributed by atoms with Gasteiger partial charge in [-0.15, -0.1) is 0 Å². The largest absolute Gasteiger partial charge is 0.323 e. The Morgan fingerprint density at radius 1 is 1.22 bits per heavy atom. The third-order valence-corrected chi connectivity index (χ3v) is 4.77. The fraction of sp³-hybridized carbons (Fsp3) is 0.211. The van der Waals surface area contributed by atoms with Gasteiger partial charge in [-0.05, 0) is 41.0 Å². The lowest BCUT2D eigenvalue weighted by Crippen LogP contribution is -2.20. The summed E-state index contributed by atoms with van der Waals surface area (Å²) in [6.45, 7) is 3.84. The molecule has 0 fully saturated rings. The molecule has 0 amide bonds. The Bertz CT molecular complexity index is 1040. The highest BCUT2D eigenvalue weighted by Crippen LogP contribution is 2.33. The number of rotatable bonds is 4. The van der Waals surface area contributed by atoms with Crippen LogP contribution < -0.4 is 5.32 Å². The van der Waals surface area contributed by atoms with Gasteiger partial charge < -0.3 is 5.32 Å². The maximum Gasteiger partial charge on any atom is 0.272 e. The number of aromatic nitrogens is 4. The molecule has 1 aliphatic rings. The number of allylic oxidation sites excluding steroid dienone is 1. The summed E-state index contributed by atoms with van der Waals surface area (Å²) in [6, 6.07) is 13.3. The average molecular weight is 362 g/mol. The van der Waals surface area contributed by atoms with Gasteiger partial charge in [0.2, 0.25) is 5.95 Å². The molecule has 1 atom stereocenters. The van der Waals surface area contributed by atoms with Gasteiger partial charge in [-0.2, -0.15) is 4.68 Å². The van der Waals surface area contributed by atoms with Crippen molar-refractivity contribution in [2.24, 2.45) is 0 Å². The lowest BCUT2D eigenvalue weighted by Gasteiger charge is -2.23. The van der Waals surface area contributed by atoms with Crippen molar-refractivity contribution in [3.63, 3.8) is 0 Å². The molecule has 4 rings (SSSR count). The van der Waals surface area contributed by atoms with Gasteiger partial charge in [0.15, 0.2) is 0 Å². The maximum absolute atomic E-state index is 11.3. The van der Waals surface area contributed by atoms with Crippen molar-refractivity contribution in [1.29, 1.82) is 0 Å². The van der Waals surface area contributed by atoms with Crippen LogP contribution in [0.25, 0.3) is 5.70 Å². The summed E-state index contributed by atoms with van der Waals surface area (Å²) < 4.78 is 1.70. The second kappa shape index (κ2) is 6.64. The molecule has 0 saturated carbocycles. The van der Waals surface area contributed by atoms with E-state index in [1.54, 1.807) is 23.7 Å². The zero-order chi connectivity index (χ0) is 19.0. The summed E-state index contributed by atoms with van der Waals surface area (Å²) in [7, 11) is 0. The zero-order valence-electron chi connectivity index (χ0n) is 15.0. The SMILES string of the molecule is CCc1ccc([C@H]2C=C(c3ccc(C)c([N+](=O)[O-])c3)Nc3nnnn32)cc1. The summed E-state index contributed by atoms with van der Waals surface area (Å²) in [5, 5.41) is 26.3. The lowest BCUT2D eigenvalue weighted by atomic mass is 9.99. The van der Waals surface area contributed by atoms with E-state index in [1.165, 1.54) is 5.56 Å². The summed E-state index contributed by atoms with van der Waals surface area (Å²) in [5.41, 5.74) is 4.46. The van der Waals surface area contributed by atoms with Crippen LogP contribution in [-0.4, -0.2) is 25.1 Å². The quantitative estimate of drug-likeness (QED) is 0.563. The van der Waals surface area contributed by atoms with E-state index in [0.717, 1.165) is 23.2 Å². The minimum absolute atomic E-state index is 0.0872. The van der Waals surface area contributed by atoms with Crippen molar-refractivity contribution in [3.05, 3.63) is 80.9 Å². The first-order chi connectivity index (χ1) is 13.1. The average Bonchev–Trinajstić information content (AvgIpc) is 3.16. The van der Waals surface area contributed by atoms with E-state index < -0.39 is 0 Å². The van der Waals surface area contributed by atoms with E-state index in [9.17, 15) is 10.1 Å². The Balaban J connectivity index is 1.79. The molecule has 1 aromatic heterocycles. The first-order valence-electron chi connectivity index (χ1n) is 8.67. The number of anilines is 1. The molecular weight excluding hydrogens is 344 g/mol. The van der Waals surface area contributed by atoms with Crippen molar-refractivity contribution in [1.82, 2.24) is 20.2 Å². The first-order valence-corrected chi connectivity index (χ1v) is 8.67. The zero-order valence-corrected chi connectivity index (χ0v) is 15.0. The molecule has 3 aromatic rings. The van der Waals surface area contributed by atoms with E-state index in [1.807, 2.05) is 12.1 Å². The fourth-order valence-electron chi connectivity index (χ4n) is 3.18. The molecule has 2 aromatic carbocycles. The minimum Gasteiger partial charge on any atom is -0.323 e. The van der Waals surface area contributed by atoms with Gasteiger partial charge in [0.25, 0.3) is 5.69 Å². The van der Waals surface area contributed by atoms with Crippen LogP contribution in [-0.2, 0) is 6.42 Å². The highest BCUT2D eigenvalue weighted by atomic mass is 16.6. The first kappa shape index (κ1) is 16.9. The molecule has 1 N–H and O–H groups in total. The van der Waals surface area contributed by atoms with Gasteiger partial charge >= 0.3 is 0 Å². The van der Waals surface area contributed by atoms with E-state index in [4.69, 9.17) is 0 Å². The van der Waals surface area contributed by atoms with Gasteiger partial charge in [-0.1, -0.05) is 48.4 Å². The van der Waals surface area contributed by atoms with Gasteiger partial charge in [-0.25, -0.2) is 0 Å². The number of hydrogen-bond donors (Lipinski definition) is 1. The normalized spacial score (nSPS) is 15.6. The van der Waals surface area contributed by atoms with Crippen molar-refractivity contribution in [2.75, 3.05) is 5.32 Å². The number of tetrazole rings is 1. The number of nitrogens with one attached hydrogen (secondary N) is 1. The van der Waals surface area contributed by atoms with Crippen LogP contribution in [0.15, 0.2) is 48.5 Å². The van der Waals surface area contributed by atoms with Crippen LogP contribution in [0.4, 0.5) is 11.6 Å². The number of hydrogen-bond acceptors (Lipinski definition) is 6. The highest BCUT2D eigenvalue weighted by Gasteiger charge is 2.25. The number of fused-ring (bicyclic) bond motifs is 1. The van der Waals surface area contributed by atoms with Gasteiger partial charge in [0.05, 0.1) is 4.92 Å². The van der Waals surface area contributed by atoms with E-state index in [0.29, 0.717) is 11.5 Å². The van der Waals surface area contributed by atoms with Crippen LogP contribution in [0.5, 0.6) is 0 Å². The van der Waals surface area contributed by atoms with Crippen LogP contribution >= 0.6 is 0 Å². The molecule has 0 aliphatic carbocycles. The topological polar surface area (TPSA) is 98.8 Å². The smallest absolute Gasteiger partial charge is 0.272 e. The van der Waals surface area contributed by atoms with Crippen molar-refractivity contribution < 1.29 is 4.92 Å². The third kappa shape index (κ3) is 3.05. The van der Waals surface area contributed by atoms with Crippen LogP contribution in [0, 0.1) is 17.0 Å². The molecule has 2 heterocycles. The van der Waals surface area contributed by atoms with E-state index in [-0.39, 0.29) is 16.7 Å². The molecular formula is C19H18N6O2.